The number of halogens is 1. The van der Waals surface area contributed by atoms with Gasteiger partial charge < -0.3 is 53.0 Å². The largest absolute Gasteiger partial charge is 0.483 e. The molecule has 0 radical (unpaired) electrons. The second-order valence-corrected chi connectivity index (χ2v) is 43.9. The number of esters is 5. The number of hydrogen-bond donors (Lipinski definition) is 3. The van der Waals surface area contributed by atoms with Crippen LogP contribution in [-0.4, -0.2) is 127 Å². The van der Waals surface area contributed by atoms with Gasteiger partial charge in [0.05, 0.1) is 6.61 Å². The Hall–Kier alpha value is -7.79. The molecule has 2 aliphatic heterocycles. The van der Waals surface area contributed by atoms with Gasteiger partial charge in [0.15, 0.2) is 30.8 Å². The van der Waals surface area contributed by atoms with Gasteiger partial charge in [-0.1, -0.05) is 217 Å². The van der Waals surface area contributed by atoms with Crippen molar-refractivity contribution in [2.45, 2.75) is 479 Å². The topological polar surface area (TPSA) is 291 Å². The summed E-state index contributed by atoms with van der Waals surface area (Å²) in [5.74, 6) is -5.61. The number of carbonyl (C=O) groups is 6. The Labute approximate surface area is 869 Å². The molecule has 0 aromatic rings. The highest BCUT2D eigenvalue weighted by Gasteiger charge is 2.58. The molecule has 144 heavy (non-hydrogen) atoms. The highest BCUT2D eigenvalue weighted by molar-refractivity contribution is 7.61. The molecule has 2 unspecified atom stereocenters. The standard InChI is InChI=1S/C119H190FNO21P2/c1-85(2)45-27-46-86(3)47-28-48-87(4)49-29-50-88(5)51-30-52-89(6)53-31-54-90(7)55-32-56-91(8)57-33-58-92(9)59-34-60-93(10)61-35-62-94(11)63-36-64-95(12)65-37-66-96(13)67-38-68-97(14)69-39-70-98(15)71-40-72-99(16)73-41-74-100(17)75-42-76-101(18)77-43-78-102(19)79-44-80-103(20)81-82-134-143(128,129)142-144(130,131)141-118-112(120)116(136-108(25)126)114(110(138-118)83-132-105(22)123)140-119-113(121-104(21)122)117(137-109(26)127)115(135-107(24)125)111(139-119)84-133-106(23)124/h45,47,49,51,53,55,57,59,61,63,65,67,69,71,73,75,77,79,103,110-119H,27-44,46,48,50,52,54,56,58,60,62,64,66,68,70,72,74,76,78,80-84H2,1-26H3,(H,121,122)(H,128,129)(H,130,131)/b86-47+,87-49+,88-51-,89-53-,90-55-,91-57-,92-59-,93-61-,94-63-,95-65-,96-67-,97-69-,98-71-,99-73-,100-75-,101-77-,102-79-/t103-,110+,111+,112+,113+,114+,115+,116+,117+,118+,119-/m0/s1. The number of rotatable bonds is 72. The quantitative estimate of drug-likeness (QED) is 0.0221. The van der Waals surface area contributed by atoms with Crippen molar-refractivity contribution in [1.82, 2.24) is 5.32 Å². The summed E-state index contributed by atoms with van der Waals surface area (Å²) in [7, 11) is -11.3. The van der Waals surface area contributed by atoms with Crippen LogP contribution >= 0.6 is 15.6 Å². The predicted octanol–water partition coefficient (Wildman–Crippen LogP) is 32.0. The van der Waals surface area contributed by atoms with Gasteiger partial charge in [-0.25, -0.2) is 13.5 Å². The third-order valence-corrected chi connectivity index (χ3v) is 28.4. The number of phosphoric acid groups is 2. The molecule has 2 heterocycles. The average Bonchev–Trinajstić information content (AvgIpc) is 0.762. The van der Waals surface area contributed by atoms with Crippen molar-refractivity contribution in [1.29, 1.82) is 0 Å². The minimum atomic E-state index is -5.86. The first kappa shape index (κ1) is 132. The van der Waals surface area contributed by atoms with E-state index in [4.69, 9.17) is 46.9 Å². The number of carbonyl (C=O) groups excluding carboxylic acids is 6. The highest BCUT2D eigenvalue weighted by atomic mass is 31.3. The van der Waals surface area contributed by atoms with E-state index in [0.717, 1.165) is 253 Å². The van der Waals surface area contributed by atoms with E-state index in [1.807, 2.05) is 6.92 Å². The number of phosphoric ester groups is 2. The first-order valence-electron chi connectivity index (χ1n) is 53.2. The predicted molar refractivity (Wildman–Crippen MR) is 586 cm³/mol. The normalized spacial score (nSPS) is 21.3. The van der Waals surface area contributed by atoms with Gasteiger partial charge in [0.2, 0.25) is 12.2 Å². The second kappa shape index (κ2) is 75.8. The molecule has 2 rings (SSSR count). The van der Waals surface area contributed by atoms with Gasteiger partial charge in [0.1, 0.15) is 37.6 Å². The van der Waals surface area contributed by atoms with Crippen LogP contribution in [0.25, 0.3) is 0 Å². The van der Waals surface area contributed by atoms with E-state index in [2.05, 4.69) is 251 Å². The fourth-order valence-electron chi connectivity index (χ4n) is 16.8. The lowest BCUT2D eigenvalue weighted by Gasteiger charge is -2.48. The average molecular weight is 2050 g/mol. The third kappa shape index (κ3) is 67.2. The third-order valence-electron chi connectivity index (χ3n) is 25.7. The molecule has 0 spiro atoms. The molecule has 13 atom stereocenters. The van der Waals surface area contributed by atoms with Crippen molar-refractivity contribution in [3.05, 3.63) is 210 Å². The van der Waals surface area contributed by atoms with Crippen LogP contribution in [0.4, 0.5) is 4.39 Å². The molecule has 25 heteroatoms. The molecule has 22 nitrogen and oxygen atoms in total. The summed E-state index contributed by atoms with van der Waals surface area (Å²) >= 11 is 0. The van der Waals surface area contributed by atoms with Crippen LogP contribution in [-0.2, 0) is 89.2 Å². The molecule has 0 bridgehead atoms. The van der Waals surface area contributed by atoms with Crippen LogP contribution in [0, 0.1) is 5.92 Å². The molecular formula is C119H190FNO21P2. The molecule has 1 amide bonds. The van der Waals surface area contributed by atoms with E-state index in [0.29, 0.717) is 6.42 Å². The van der Waals surface area contributed by atoms with Crippen LogP contribution in [0.1, 0.15) is 418 Å². The molecule has 3 N–H and O–H groups in total. The van der Waals surface area contributed by atoms with Crippen LogP contribution in [0.15, 0.2) is 210 Å². The summed E-state index contributed by atoms with van der Waals surface area (Å²) in [6, 6.07) is -1.64. The molecular weight excluding hydrogens is 1860 g/mol. The minimum Gasteiger partial charge on any atom is -0.463 e. The van der Waals surface area contributed by atoms with Gasteiger partial charge in [-0.2, -0.15) is 4.31 Å². The van der Waals surface area contributed by atoms with E-state index in [-0.39, 0.29) is 12.3 Å². The van der Waals surface area contributed by atoms with E-state index in [1.165, 1.54) is 113 Å². The lowest BCUT2D eigenvalue weighted by molar-refractivity contribution is -0.334. The maximum absolute atomic E-state index is 16.8. The lowest BCUT2D eigenvalue weighted by Crippen LogP contribution is -2.69. The van der Waals surface area contributed by atoms with Gasteiger partial charge >= 0.3 is 45.5 Å². The Balaban J connectivity index is 1.67. The summed E-state index contributed by atoms with van der Waals surface area (Å²) in [5.41, 5.74) is 26.4. The summed E-state index contributed by atoms with van der Waals surface area (Å²) in [6.07, 6.45) is 64.4. The molecule has 814 valence electrons. The molecule has 0 saturated carbocycles. The number of allylic oxidation sites excluding steroid dienone is 36. The van der Waals surface area contributed by atoms with E-state index in [9.17, 15) is 47.7 Å². The summed E-state index contributed by atoms with van der Waals surface area (Å²) in [5, 5.41) is 2.46. The fraction of sp³-hybridized carbons (Fsp3) is 0.647. The number of amides is 1. The summed E-state index contributed by atoms with van der Waals surface area (Å²) < 4.78 is 102. The Morgan fingerprint density at radius 2 is 0.542 bits per heavy atom. The van der Waals surface area contributed by atoms with E-state index >= 15 is 4.39 Å². The fourth-order valence-corrected chi connectivity index (χ4v) is 19.0. The second-order valence-electron chi connectivity index (χ2n) is 40.9. The van der Waals surface area contributed by atoms with Crippen LogP contribution in [0.5, 0.6) is 0 Å². The van der Waals surface area contributed by atoms with Gasteiger partial charge in [0.25, 0.3) is 0 Å². The SMILES string of the molecule is CC(=O)N[C@H]1[C@H](O[C@H]2[C@H](OC(C)=O)[C@@H](F)[C@@H](OP(=O)(O)OP(=O)(O)OCC[C@@H](C)CC/C=C(/C)CC/C=C(/C)CC/C=C(/C)CC/C=C(/C)CC/C=C(/C)CC/C=C(/C)CC/C=C(/C)CC/C=C(/C)CC/C=C(/C)CC/C=C(/C)CC/C=C(/C)CC/C=C(/C)CC/C=C(/C)CC/C=C(/C)CC/C=C(/C)CC/C=C(\C)CC/C=C(\C)CCC=C(C)C)O[C@@H]2COC(C)=O)O[C@H](COC(C)=O)[C@@H](OC(C)=O)[C@@H]1OC(C)=O. The van der Waals surface area contributed by atoms with Crippen molar-refractivity contribution < 1.29 is 103 Å². The van der Waals surface area contributed by atoms with Crippen LogP contribution < -0.4 is 5.32 Å². The smallest absolute Gasteiger partial charge is 0.463 e. The Morgan fingerprint density at radius 3 is 0.792 bits per heavy atom. The maximum atomic E-state index is 16.8. The van der Waals surface area contributed by atoms with Crippen molar-refractivity contribution in [2.24, 2.45) is 5.92 Å². The van der Waals surface area contributed by atoms with Gasteiger partial charge in [-0.05, 0) is 375 Å². The van der Waals surface area contributed by atoms with Crippen molar-refractivity contribution in [3.8, 4) is 0 Å². The van der Waals surface area contributed by atoms with Crippen LogP contribution in [0.2, 0.25) is 0 Å². The zero-order valence-corrected chi connectivity index (χ0v) is 95.2. The number of ether oxygens (including phenoxy) is 8. The molecule has 2 saturated heterocycles. The van der Waals surface area contributed by atoms with E-state index in [1.54, 1.807) is 0 Å². The molecule has 2 aliphatic rings. The monoisotopic (exact) mass is 2050 g/mol. The molecule has 0 aliphatic carbocycles. The van der Waals surface area contributed by atoms with Crippen molar-refractivity contribution >= 4 is 51.4 Å². The first-order chi connectivity index (χ1) is 68.0. The molecule has 0 aromatic heterocycles. The van der Waals surface area contributed by atoms with Gasteiger partial charge in [0, 0.05) is 41.5 Å². The van der Waals surface area contributed by atoms with Gasteiger partial charge in [-0.15, -0.1) is 0 Å². The van der Waals surface area contributed by atoms with Crippen molar-refractivity contribution in [2.75, 3.05) is 19.8 Å². The highest BCUT2D eigenvalue weighted by Crippen LogP contribution is 2.62. The Morgan fingerprint density at radius 1 is 0.306 bits per heavy atom. The zero-order valence-electron chi connectivity index (χ0n) is 93.5. The lowest BCUT2D eigenvalue weighted by atomic mass is 9.95. The minimum absolute atomic E-state index is 0.0345. The number of nitrogens with one attached hydrogen (secondary N) is 1. The summed E-state index contributed by atoms with van der Waals surface area (Å²) in [6.45, 7) is 48.9. The Kier molecular flexibility index (Phi) is 69.7. The molecule has 2 fully saturated rings. The van der Waals surface area contributed by atoms with E-state index < -0.39 is 133 Å². The molecule has 0 aromatic carbocycles. The maximum Gasteiger partial charge on any atom is 0.483 e. The number of hydrogen-bond acceptors (Lipinski definition) is 19. The van der Waals surface area contributed by atoms with Gasteiger partial charge in [-0.3, -0.25) is 37.8 Å². The van der Waals surface area contributed by atoms with Crippen molar-refractivity contribution in [3.63, 3.8) is 0 Å². The Bertz CT molecular complexity index is 4620. The number of alkyl halides is 1. The van der Waals surface area contributed by atoms with Crippen LogP contribution in [0.3, 0.4) is 0 Å². The summed E-state index contributed by atoms with van der Waals surface area (Å²) in [4.78, 5) is 95.6. The first-order valence-corrected chi connectivity index (χ1v) is 56.1. The zero-order chi connectivity index (χ0) is 108.